The highest BCUT2D eigenvalue weighted by molar-refractivity contribution is 7.85. The summed E-state index contributed by atoms with van der Waals surface area (Å²) in [6.45, 7) is 13.3. The van der Waals surface area contributed by atoms with Gasteiger partial charge in [-0.1, -0.05) is 26.7 Å². The van der Waals surface area contributed by atoms with Gasteiger partial charge in [0.25, 0.3) is 10.1 Å². The Bertz CT molecular complexity index is 418. The van der Waals surface area contributed by atoms with Crippen molar-refractivity contribution >= 4 is 10.1 Å². The largest absolute Gasteiger partial charge is 0.379 e. The lowest BCUT2D eigenvalue weighted by atomic mass is 10.1. The van der Waals surface area contributed by atoms with Crippen molar-refractivity contribution in [3.05, 3.63) is 0 Å². The fourth-order valence-corrected chi connectivity index (χ4v) is 3.99. The molecule has 0 aromatic carbocycles. The average molecular weight is 411 g/mol. The third-order valence-electron chi connectivity index (χ3n) is 5.04. The molecular formula is C20H44NO5S+. The van der Waals surface area contributed by atoms with Crippen molar-refractivity contribution in [3.8, 4) is 0 Å². The van der Waals surface area contributed by atoms with Crippen LogP contribution in [0.2, 0.25) is 0 Å². The number of hydrogen-bond donors (Lipinski definition) is 1. The summed E-state index contributed by atoms with van der Waals surface area (Å²) in [6, 6.07) is 0. The average Bonchev–Trinajstić information content (AvgIpc) is 2.61. The molecule has 0 aliphatic rings. The van der Waals surface area contributed by atoms with E-state index in [1.165, 1.54) is 38.5 Å². The standard InChI is InChI=1S/C20H43NO5S/c1-4-7-9-13-21(14-10-8-5-2,15-11-12-20-27(22,23)24)16-17-26-19-18-25-6-3/h4-20H2,1-3H3/p+1. The van der Waals surface area contributed by atoms with E-state index >= 15 is 0 Å². The first kappa shape index (κ1) is 26.8. The van der Waals surface area contributed by atoms with Crippen LogP contribution in [0, 0.1) is 0 Å². The molecule has 0 amide bonds. The van der Waals surface area contributed by atoms with Crippen molar-refractivity contribution in [3.63, 3.8) is 0 Å². The van der Waals surface area contributed by atoms with Gasteiger partial charge in [-0.05, 0) is 45.4 Å². The fraction of sp³-hybridized carbons (Fsp3) is 1.00. The molecule has 6 nitrogen and oxygen atoms in total. The van der Waals surface area contributed by atoms with Crippen molar-refractivity contribution in [2.45, 2.75) is 72.1 Å². The zero-order valence-electron chi connectivity index (χ0n) is 18.0. The van der Waals surface area contributed by atoms with Crippen molar-refractivity contribution in [2.75, 3.05) is 58.4 Å². The number of quaternary nitrogens is 1. The summed E-state index contributed by atoms with van der Waals surface area (Å²) in [5, 5.41) is 0. The lowest BCUT2D eigenvalue weighted by Crippen LogP contribution is -2.52. The highest BCUT2D eigenvalue weighted by atomic mass is 32.2. The highest BCUT2D eigenvalue weighted by Crippen LogP contribution is 2.16. The molecule has 0 rings (SSSR count). The lowest BCUT2D eigenvalue weighted by Gasteiger charge is -2.39. The van der Waals surface area contributed by atoms with E-state index in [1.54, 1.807) is 0 Å². The van der Waals surface area contributed by atoms with Crippen molar-refractivity contribution in [1.29, 1.82) is 0 Å². The zero-order chi connectivity index (χ0) is 20.4. The van der Waals surface area contributed by atoms with Crippen molar-refractivity contribution in [2.24, 2.45) is 0 Å². The maximum Gasteiger partial charge on any atom is 0.264 e. The normalized spacial score (nSPS) is 12.6. The van der Waals surface area contributed by atoms with Gasteiger partial charge in [-0.15, -0.1) is 0 Å². The second-order valence-corrected chi connectivity index (χ2v) is 9.02. The first-order chi connectivity index (χ1) is 12.9. The molecule has 0 unspecified atom stereocenters. The number of unbranched alkanes of at least 4 members (excludes halogenated alkanes) is 5. The van der Waals surface area contributed by atoms with E-state index in [0.29, 0.717) is 32.8 Å². The molecule has 164 valence electrons. The second kappa shape index (κ2) is 16.7. The Morgan fingerprint density at radius 2 is 1.22 bits per heavy atom. The molecule has 0 aromatic heterocycles. The minimum atomic E-state index is -3.86. The molecule has 0 saturated carbocycles. The summed E-state index contributed by atoms with van der Waals surface area (Å²) in [5.41, 5.74) is 0. The van der Waals surface area contributed by atoms with E-state index in [4.69, 9.17) is 14.0 Å². The van der Waals surface area contributed by atoms with Crippen LogP contribution in [0.5, 0.6) is 0 Å². The Morgan fingerprint density at radius 1 is 0.704 bits per heavy atom. The second-order valence-electron chi connectivity index (χ2n) is 7.45. The van der Waals surface area contributed by atoms with Crippen LogP contribution in [0.15, 0.2) is 0 Å². The third kappa shape index (κ3) is 16.4. The number of ether oxygens (including phenoxy) is 2. The highest BCUT2D eigenvalue weighted by Gasteiger charge is 2.26. The Labute approximate surface area is 167 Å². The van der Waals surface area contributed by atoms with Crippen molar-refractivity contribution < 1.29 is 26.9 Å². The van der Waals surface area contributed by atoms with Crippen LogP contribution in [-0.2, 0) is 19.6 Å². The first-order valence-corrected chi connectivity index (χ1v) is 12.5. The van der Waals surface area contributed by atoms with Crippen LogP contribution in [0.25, 0.3) is 0 Å². The molecule has 0 aliphatic heterocycles. The predicted octanol–water partition coefficient (Wildman–Crippen LogP) is 3.90. The minimum Gasteiger partial charge on any atom is -0.379 e. The van der Waals surface area contributed by atoms with E-state index in [0.717, 1.165) is 37.1 Å². The Hall–Kier alpha value is -0.210. The third-order valence-corrected chi connectivity index (χ3v) is 5.85. The lowest BCUT2D eigenvalue weighted by molar-refractivity contribution is -0.929. The smallest absolute Gasteiger partial charge is 0.264 e. The molecule has 0 aromatic rings. The molecule has 0 atom stereocenters. The summed E-state index contributed by atoms with van der Waals surface area (Å²) in [6.07, 6.45) is 8.57. The molecule has 0 saturated heterocycles. The maximum absolute atomic E-state index is 11.0. The molecule has 0 aliphatic carbocycles. The van der Waals surface area contributed by atoms with Gasteiger partial charge in [0.1, 0.15) is 6.54 Å². The van der Waals surface area contributed by atoms with E-state index in [2.05, 4.69) is 13.8 Å². The monoisotopic (exact) mass is 410 g/mol. The number of hydrogen-bond acceptors (Lipinski definition) is 4. The van der Waals surface area contributed by atoms with Crippen LogP contribution < -0.4 is 0 Å². The summed E-state index contributed by atoms with van der Waals surface area (Å²) in [5.74, 6) is -0.137. The van der Waals surface area contributed by atoms with Gasteiger partial charge < -0.3 is 14.0 Å². The Kier molecular flexibility index (Phi) is 16.6. The zero-order valence-corrected chi connectivity index (χ0v) is 18.8. The molecule has 7 heteroatoms. The first-order valence-electron chi connectivity index (χ1n) is 10.8. The summed E-state index contributed by atoms with van der Waals surface area (Å²) in [4.78, 5) is 0. The van der Waals surface area contributed by atoms with Gasteiger partial charge in [0.15, 0.2) is 0 Å². The summed E-state index contributed by atoms with van der Waals surface area (Å²) in [7, 11) is -3.86. The molecular weight excluding hydrogens is 366 g/mol. The van der Waals surface area contributed by atoms with Crippen LogP contribution in [0.3, 0.4) is 0 Å². The quantitative estimate of drug-likeness (QED) is 0.187. The van der Waals surface area contributed by atoms with E-state index in [-0.39, 0.29) is 5.75 Å². The van der Waals surface area contributed by atoms with Gasteiger partial charge in [0.05, 0.1) is 45.2 Å². The van der Waals surface area contributed by atoms with Gasteiger partial charge in [-0.25, -0.2) is 0 Å². The Morgan fingerprint density at radius 3 is 1.70 bits per heavy atom. The molecule has 1 N–H and O–H groups in total. The number of nitrogens with zero attached hydrogens (tertiary/aromatic N) is 1. The van der Waals surface area contributed by atoms with E-state index in [9.17, 15) is 8.42 Å². The van der Waals surface area contributed by atoms with Gasteiger partial charge in [0, 0.05) is 6.61 Å². The van der Waals surface area contributed by atoms with Gasteiger partial charge in [-0.2, -0.15) is 8.42 Å². The number of rotatable bonds is 20. The van der Waals surface area contributed by atoms with Gasteiger partial charge in [-0.3, -0.25) is 4.55 Å². The van der Waals surface area contributed by atoms with Crippen LogP contribution >= 0.6 is 0 Å². The molecule has 27 heavy (non-hydrogen) atoms. The topological polar surface area (TPSA) is 72.8 Å². The Balaban J connectivity index is 4.70. The predicted molar refractivity (Wildman–Crippen MR) is 112 cm³/mol. The minimum absolute atomic E-state index is 0.137. The molecule has 0 fully saturated rings. The summed E-state index contributed by atoms with van der Waals surface area (Å²) >= 11 is 0. The van der Waals surface area contributed by atoms with E-state index < -0.39 is 10.1 Å². The van der Waals surface area contributed by atoms with Gasteiger partial charge >= 0.3 is 0 Å². The molecule has 0 spiro atoms. The van der Waals surface area contributed by atoms with Gasteiger partial charge in [0.2, 0.25) is 0 Å². The molecule has 0 heterocycles. The summed E-state index contributed by atoms with van der Waals surface area (Å²) < 4.78 is 43.1. The van der Waals surface area contributed by atoms with E-state index in [1.807, 2.05) is 6.92 Å². The van der Waals surface area contributed by atoms with Crippen molar-refractivity contribution in [1.82, 2.24) is 0 Å². The fourth-order valence-electron chi connectivity index (χ4n) is 3.42. The van der Waals surface area contributed by atoms with Crippen LogP contribution in [0.1, 0.15) is 72.1 Å². The van der Waals surface area contributed by atoms with Crippen LogP contribution in [-0.4, -0.2) is 75.8 Å². The molecule has 0 bridgehead atoms. The maximum atomic E-state index is 11.0. The SMILES string of the molecule is CCCCC[N+](CCCCC)(CCCCS(=O)(=O)O)CCOCCOCC. The molecule has 0 radical (unpaired) electrons. The van der Waals surface area contributed by atoms with Crippen LogP contribution in [0.4, 0.5) is 0 Å².